The van der Waals surface area contributed by atoms with Crippen molar-refractivity contribution < 1.29 is 9.84 Å². The van der Waals surface area contributed by atoms with Crippen LogP contribution in [0.2, 0.25) is 0 Å². The van der Waals surface area contributed by atoms with E-state index in [0.717, 1.165) is 30.1 Å². The van der Waals surface area contributed by atoms with Crippen LogP contribution in [-0.2, 0) is 5.41 Å². The molecule has 1 aliphatic heterocycles. The van der Waals surface area contributed by atoms with Crippen LogP contribution in [0, 0.1) is 11.8 Å². The first-order valence-electron chi connectivity index (χ1n) is 10.9. The molecule has 1 aromatic carbocycles. The van der Waals surface area contributed by atoms with Crippen molar-refractivity contribution in [2.45, 2.75) is 96.0 Å². The fraction of sp³-hybridized carbons (Fsp3) is 0.680. The lowest BCUT2D eigenvalue weighted by molar-refractivity contribution is 0.00696. The van der Waals surface area contributed by atoms with Crippen molar-refractivity contribution in [2.24, 2.45) is 11.8 Å². The Morgan fingerprint density at radius 3 is 2.67 bits per heavy atom. The minimum Gasteiger partial charge on any atom is -0.507 e. The normalized spacial score (nSPS) is 35.2. The van der Waals surface area contributed by atoms with Crippen LogP contribution in [0.15, 0.2) is 17.7 Å². The van der Waals surface area contributed by atoms with Gasteiger partial charge in [0, 0.05) is 23.0 Å². The molecule has 2 unspecified atom stereocenters. The molecule has 27 heavy (non-hydrogen) atoms. The second-order valence-corrected chi connectivity index (χ2v) is 10.8. The molecular formula is C25H34O2. The first-order chi connectivity index (χ1) is 12.7. The molecule has 2 bridgehead atoms. The van der Waals surface area contributed by atoms with E-state index in [1.807, 2.05) is 0 Å². The topological polar surface area (TPSA) is 29.5 Å². The predicted octanol–water partition coefficient (Wildman–Crippen LogP) is 6.57. The minimum atomic E-state index is -0.190. The number of benzene rings is 1. The summed E-state index contributed by atoms with van der Waals surface area (Å²) in [4.78, 5) is 0. The number of hydrogen-bond acceptors (Lipinski definition) is 2. The molecule has 0 aromatic heterocycles. The Morgan fingerprint density at radius 2 is 1.89 bits per heavy atom. The van der Waals surface area contributed by atoms with Gasteiger partial charge in [0.1, 0.15) is 17.1 Å². The van der Waals surface area contributed by atoms with Crippen LogP contribution in [0.5, 0.6) is 11.5 Å². The van der Waals surface area contributed by atoms with Crippen molar-refractivity contribution in [1.29, 1.82) is 0 Å². The third-order valence-electron chi connectivity index (χ3n) is 8.52. The van der Waals surface area contributed by atoms with E-state index in [1.165, 1.54) is 42.4 Å². The van der Waals surface area contributed by atoms with Gasteiger partial charge in [-0.2, -0.15) is 0 Å². The summed E-state index contributed by atoms with van der Waals surface area (Å²) in [6.45, 7) is 11.5. The Morgan fingerprint density at radius 1 is 1.11 bits per heavy atom. The molecule has 0 amide bonds. The molecule has 2 nitrogen and oxygen atoms in total. The first kappa shape index (κ1) is 17.6. The van der Waals surface area contributed by atoms with Gasteiger partial charge in [-0.05, 0) is 81.8 Å². The quantitative estimate of drug-likeness (QED) is 0.526. The minimum absolute atomic E-state index is 0.117. The third-order valence-corrected chi connectivity index (χ3v) is 8.52. The van der Waals surface area contributed by atoms with Crippen LogP contribution in [0.1, 0.15) is 102 Å². The number of ether oxygens (including phenoxy) is 1. The monoisotopic (exact) mass is 366 g/mol. The van der Waals surface area contributed by atoms with Gasteiger partial charge in [-0.3, -0.25) is 0 Å². The summed E-state index contributed by atoms with van der Waals surface area (Å²) in [5.74, 6) is 3.62. The number of phenols is 1. The molecule has 0 saturated heterocycles. The molecule has 1 N–H and O–H groups in total. The number of rotatable bonds is 0. The maximum Gasteiger partial charge on any atom is 0.127 e. The van der Waals surface area contributed by atoms with Gasteiger partial charge in [-0.1, -0.05) is 31.9 Å². The zero-order valence-corrected chi connectivity index (χ0v) is 17.6. The molecule has 1 saturated carbocycles. The maximum atomic E-state index is 11.6. The zero-order valence-electron chi connectivity index (χ0n) is 17.6. The third kappa shape index (κ3) is 2.37. The predicted molar refractivity (Wildman–Crippen MR) is 110 cm³/mol. The molecule has 1 fully saturated rings. The molecule has 1 heterocycles. The highest BCUT2D eigenvalue weighted by atomic mass is 16.5. The number of allylic oxidation sites excluding steroid dienone is 2. The van der Waals surface area contributed by atoms with E-state index in [4.69, 9.17) is 4.74 Å². The highest BCUT2D eigenvalue weighted by Crippen LogP contribution is 2.61. The summed E-state index contributed by atoms with van der Waals surface area (Å²) in [5, 5.41) is 11.6. The van der Waals surface area contributed by atoms with E-state index in [1.54, 1.807) is 0 Å². The van der Waals surface area contributed by atoms with Gasteiger partial charge in [0.2, 0.25) is 0 Å². The van der Waals surface area contributed by atoms with Crippen molar-refractivity contribution in [3.8, 4) is 11.5 Å². The average Bonchev–Trinajstić information content (AvgIpc) is 2.59. The van der Waals surface area contributed by atoms with Gasteiger partial charge in [-0.25, -0.2) is 0 Å². The molecule has 3 aliphatic carbocycles. The summed E-state index contributed by atoms with van der Waals surface area (Å²) in [7, 11) is 0. The summed E-state index contributed by atoms with van der Waals surface area (Å²) < 4.78 is 6.60. The van der Waals surface area contributed by atoms with Crippen molar-refractivity contribution in [3.05, 3.63) is 34.4 Å². The SMILES string of the molecule is CC1=CC[C@@H]2[C@@H](C1)c1c(cc3c(c1O)C1CCCC(C1)C3(C)C)OC2(C)C. The lowest BCUT2D eigenvalue weighted by Crippen LogP contribution is -2.46. The van der Waals surface area contributed by atoms with Gasteiger partial charge in [0.15, 0.2) is 0 Å². The van der Waals surface area contributed by atoms with Gasteiger partial charge in [0.05, 0.1) is 0 Å². The lowest BCUT2D eigenvalue weighted by atomic mass is 9.56. The molecule has 4 atom stereocenters. The Kier molecular flexibility index (Phi) is 3.63. The Balaban J connectivity index is 1.74. The molecule has 2 heteroatoms. The highest BCUT2D eigenvalue weighted by Gasteiger charge is 2.50. The second kappa shape index (κ2) is 5.55. The smallest absolute Gasteiger partial charge is 0.127 e. The number of phenolic OH excluding ortho intramolecular Hbond substituents is 1. The van der Waals surface area contributed by atoms with Crippen LogP contribution in [0.25, 0.3) is 0 Å². The molecule has 4 aliphatic rings. The Hall–Kier alpha value is -1.44. The Bertz CT molecular complexity index is 829. The summed E-state index contributed by atoms with van der Waals surface area (Å²) >= 11 is 0. The number of fused-ring (bicyclic) bond motifs is 7. The van der Waals surface area contributed by atoms with E-state index in [2.05, 4.69) is 46.8 Å². The zero-order chi connectivity index (χ0) is 19.1. The van der Waals surface area contributed by atoms with Crippen LogP contribution in [-0.4, -0.2) is 10.7 Å². The molecule has 0 radical (unpaired) electrons. The highest BCUT2D eigenvalue weighted by molar-refractivity contribution is 5.61. The van der Waals surface area contributed by atoms with Crippen molar-refractivity contribution in [3.63, 3.8) is 0 Å². The van der Waals surface area contributed by atoms with Crippen molar-refractivity contribution in [2.75, 3.05) is 0 Å². The maximum absolute atomic E-state index is 11.6. The summed E-state index contributed by atoms with van der Waals surface area (Å²) in [6, 6.07) is 2.33. The van der Waals surface area contributed by atoms with Crippen LogP contribution in [0.3, 0.4) is 0 Å². The fourth-order valence-electron chi connectivity index (χ4n) is 6.89. The van der Waals surface area contributed by atoms with E-state index in [9.17, 15) is 5.11 Å². The van der Waals surface area contributed by atoms with Crippen molar-refractivity contribution >= 4 is 0 Å². The number of hydrogen-bond donors (Lipinski definition) is 1. The molecule has 5 rings (SSSR count). The molecule has 0 spiro atoms. The van der Waals surface area contributed by atoms with E-state index in [0.29, 0.717) is 23.5 Å². The largest absolute Gasteiger partial charge is 0.507 e. The fourth-order valence-corrected chi connectivity index (χ4v) is 6.89. The van der Waals surface area contributed by atoms with E-state index in [-0.39, 0.29) is 11.0 Å². The lowest BCUT2D eigenvalue weighted by Gasteiger charge is -2.51. The van der Waals surface area contributed by atoms with Crippen LogP contribution in [0.4, 0.5) is 0 Å². The first-order valence-corrected chi connectivity index (χ1v) is 10.9. The second-order valence-electron chi connectivity index (χ2n) is 10.8. The van der Waals surface area contributed by atoms with Gasteiger partial charge < -0.3 is 9.84 Å². The van der Waals surface area contributed by atoms with E-state index < -0.39 is 0 Å². The molecular weight excluding hydrogens is 332 g/mol. The standard InChI is InChI=1S/C25H34O2/c1-14-9-10-18-17(11-14)22-20(27-25(18,4)5)13-19-21(23(22)26)15-7-6-8-16(12-15)24(19,2)3/h9,13,15-18,26H,6-8,10-12H2,1-5H3/t15?,16?,17-,18-/m1/s1. The van der Waals surface area contributed by atoms with Gasteiger partial charge in [0.25, 0.3) is 0 Å². The summed E-state index contributed by atoms with van der Waals surface area (Å²) in [6.07, 6.45) is 9.57. The van der Waals surface area contributed by atoms with Crippen LogP contribution < -0.4 is 4.74 Å². The van der Waals surface area contributed by atoms with Gasteiger partial charge in [-0.15, -0.1) is 0 Å². The van der Waals surface area contributed by atoms with Crippen LogP contribution >= 0.6 is 0 Å². The van der Waals surface area contributed by atoms with Gasteiger partial charge >= 0.3 is 0 Å². The van der Waals surface area contributed by atoms with Crippen molar-refractivity contribution in [1.82, 2.24) is 0 Å². The average molecular weight is 367 g/mol. The summed E-state index contributed by atoms with van der Waals surface area (Å²) in [5.41, 5.74) is 5.12. The van der Waals surface area contributed by atoms with E-state index >= 15 is 0 Å². The Labute approximate surface area is 164 Å². The molecule has 146 valence electrons. The number of aromatic hydroxyl groups is 1. The molecule has 1 aromatic rings.